The number of anilines is 1. The molecule has 1 aromatic rings. The van der Waals surface area contributed by atoms with Gasteiger partial charge >= 0.3 is 5.97 Å². The van der Waals surface area contributed by atoms with Crippen molar-refractivity contribution in [1.82, 2.24) is 4.90 Å². The summed E-state index contributed by atoms with van der Waals surface area (Å²) < 4.78 is 5.61. The molecule has 0 aromatic heterocycles. The number of esters is 1. The molecule has 1 amide bonds. The van der Waals surface area contributed by atoms with Gasteiger partial charge in [-0.15, -0.1) is 0 Å². The van der Waals surface area contributed by atoms with Gasteiger partial charge in [0.05, 0.1) is 12.6 Å². The highest BCUT2D eigenvalue weighted by atomic mass is 16.5. The highest BCUT2D eigenvalue weighted by Gasteiger charge is 2.68. The number of carbonyl (C=O) groups is 2. The summed E-state index contributed by atoms with van der Waals surface area (Å²) in [6.07, 6.45) is 3.38. The van der Waals surface area contributed by atoms with E-state index in [1.807, 2.05) is 6.07 Å². The lowest BCUT2D eigenvalue weighted by Gasteiger charge is -2.57. The van der Waals surface area contributed by atoms with Crippen LogP contribution in [0.4, 0.5) is 5.69 Å². The van der Waals surface area contributed by atoms with Crippen molar-refractivity contribution in [3.05, 3.63) is 29.8 Å². The first-order chi connectivity index (χ1) is 13.5. The zero-order valence-electron chi connectivity index (χ0n) is 17.1. The topological polar surface area (TPSA) is 49.9 Å². The molecule has 2 bridgehead atoms. The van der Waals surface area contributed by atoms with Gasteiger partial charge in [-0.25, -0.2) is 0 Å². The van der Waals surface area contributed by atoms with Crippen LogP contribution >= 0.6 is 0 Å². The summed E-state index contributed by atoms with van der Waals surface area (Å²) >= 11 is 0. The summed E-state index contributed by atoms with van der Waals surface area (Å²) in [6, 6.07) is 9.08. The van der Waals surface area contributed by atoms with Gasteiger partial charge in [0, 0.05) is 43.5 Å². The minimum atomic E-state index is -0.224. The van der Waals surface area contributed by atoms with Gasteiger partial charge in [0.15, 0.2) is 0 Å². The Morgan fingerprint density at radius 1 is 1.25 bits per heavy atom. The number of benzene rings is 1. The van der Waals surface area contributed by atoms with E-state index in [1.165, 1.54) is 12.5 Å². The Morgan fingerprint density at radius 3 is 2.75 bits per heavy atom. The molecular formula is C23H30N2O3. The summed E-state index contributed by atoms with van der Waals surface area (Å²) in [5.41, 5.74) is 2.39. The lowest BCUT2D eigenvalue weighted by molar-refractivity contribution is -0.146. The van der Waals surface area contributed by atoms with E-state index in [-0.39, 0.29) is 29.3 Å². The quantitative estimate of drug-likeness (QED) is 0.754. The first kappa shape index (κ1) is 18.2. The third-order valence-corrected chi connectivity index (χ3v) is 8.19. The molecular weight excluding hydrogens is 352 g/mol. The minimum absolute atomic E-state index is 0.0255. The Morgan fingerprint density at radius 2 is 2.04 bits per heavy atom. The maximum absolute atomic E-state index is 12.9. The molecule has 3 aliphatic heterocycles. The third-order valence-electron chi connectivity index (χ3n) is 8.19. The number of amides is 1. The maximum Gasteiger partial charge on any atom is 0.302 e. The number of hydrogen-bond donors (Lipinski definition) is 0. The fraction of sp³-hybridized carbons (Fsp3) is 0.652. The average molecular weight is 383 g/mol. The largest absolute Gasteiger partial charge is 0.465 e. The van der Waals surface area contributed by atoms with Gasteiger partial charge in [0.25, 0.3) is 0 Å². The number of ether oxygens (including phenoxy) is 1. The maximum atomic E-state index is 12.9. The van der Waals surface area contributed by atoms with Crippen LogP contribution in [-0.4, -0.2) is 48.6 Å². The predicted molar refractivity (Wildman–Crippen MR) is 107 cm³/mol. The molecule has 2 saturated heterocycles. The Bertz CT molecular complexity index is 824. The van der Waals surface area contributed by atoms with E-state index in [0.29, 0.717) is 24.5 Å². The zero-order chi connectivity index (χ0) is 19.6. The molecule has 3 heterocycles. The molecule has 0 N–H and O–H groups in total. The Balaban J connectivity index is 1.69. The molecule has 3 fully saturated rings. The van der Waals surface area contributed by atoms with E-state index in [2.05, 4.69) is 34.9 Å². The van der Waals surface area contributed by atoms with Crippen molar-refractivity contribution in [3.63, 3.8) is 0 Å². The number of fused-ring (bicyclic) bond motifs is 2. The molecule has 28 heavy (non-hydrogen) atoms. The van der Waals surface area contributed by atoms with E-state index >= 15 is 0 Å². The number of piperidine rings is 1. The SMILES string of the molecule is CCC1CN2CCC34c5ccccc5N(C(C)=O)C3C(COC(C)=O)C1CC24. The molecule has 6 atom stereocenters. The number of nitrogens with zero attached hydrogens (tertiary/aromatic N) is 2. The predicted octanol–water partition coefficient (Wildman–Crippen LogP) is 2.97. The smallest absolute Gasteiger partial charge is 0.302 e. The van der Waals surface area contributed by atoms with E-state index in [9.17, 15) is 9.59 Å². The second kappa shape index (κ2) is 6.31. The van der Waals surface area contributed by atoms with Crippen molar-refractivity contribution in [2.24, 2.45) is 17.8 Å². The van der Waals surface area contributed by atoms with Crippen LogP contribution in [0.15, 0.2) is 24.3 Å². The Hall–Kier alpha value is -1.88. The summed E-state index contributed by atoms with van der Waals surface area (Å²) in [7, 11) is 0. The summed E-state index contributed by atoms with van der Waals surface area (Å²) in [5.74, 6) is 1.18. The van der Waals surface area contributed by atoms with E-state index in [0.717, 1.165) is 38.0 Å². The second-order valence-electron chi connectivity index (χ2n) is 9.19. The van der Waals surface area contributed by atoms with E-state index in [4.69, 9.17) is 4.74 Å². The van der Waals surface area contributed by atoms with Gasteiger partial charge in [-0.2, -0.15) is 0 Å². The van der Waals surface area contributed by atoms with Crippen LogP contribution in [0.25, 0.3) is 0 Å². The molecule has 0 radical (unpaired) electrons. The van der Waals surface area contributed by atoms with Gasteiger partial charge in [0.1, 0.15) is 0 Å². The summed E-state index contributed by atoms with van der Waals surface area (Å²) in [5, 5.41) is 0. The van der Waals surface area contributed by atoms with Crippen molar-refractivity contribution in [2.75, 3.05) is 24.6 Å². The zero-order valence-corrected chi connectivity index (χ0v) is 17.1. The molecule has 4 aliphatic rings. The first-order valence-corrected chi connectivity index (χ1v) is 10.8. The summed E-state index contributed by atoms with van der Waals surface area (Å²) in [6.45, 7) is 8.12. The fourth-order valence-electron chi connectivity index (χ4n) is 7.28. The van der Waals surface area contributed by atoms with E-state index in [1.54, 1.807) is 6.92 Å². The fourth-order valence-corrected chi connectivity index (χ4v) is 7.28. The van der Waals surface area contributed by atoms with Crippen LogP contribution in [0.1, 0.15) is 45.6 Å². The van der Waals surface area contributed by atoms with Gasteiger partial charge in [-0.1, -0.05) is 31.5 Å². The van der Waals surface area contributed by atoms with Gasteiger partial charge in [-0.05, 0) is 42.9 Å². The molecule has 1 spiro atoms. The Labute approximate surface area is 167 Å². The highest BCUT2D eigenvalue weighted by Crippen LogP contribution is 2.63. The van der Waals surface area contributed by atoms with Crippen LogP contribution in [0, 0.1) is 17.8 Å². The lowest BCUT2D eigenvalue weighted by atomic mass is 9.54. The molecule has 5 nitrogen and oxygen atoms in total. The average Bonchev–Trinajstić information content (AvgIpc) is 3.21. The molecule has 5 rings (SSSR count). The van der Waals surface area contributed by atoms with Crippen molar-refractivity contribution in [3.8, 4) is 0 Å². The van der Waals surface area contributed by atoms with Gasteiger partial charge in [-0.3, -0.25) is 14.5 Å². The van der Waals surface area contributed by atoms with Crippen LogP contribution < -0.4 is 4.90 Å². The lowest BCUT2D eigenvalue weighted by Crippen LogP contribution is -2.66. The standard InChI is InChI=1S/C23H30N2O3/c1-4-16-12-24-10-9-23-19-7-5-6-8-20(19)25(14(2)26)22(23)18(13-28-15(3)27)17(16)11-21(23)24/h5-8,16-18,21-22H,4,9-13H2,1-3H3. The molecule has 6 unspecified atom stereocenters. The Kier molecular flexibility index (Phi) is 4.10. The van der Waals surface area contributed by atoms with Gasteiger partial charge < -0.3 is 9.64 Å². The normalized spacial score (nSPS) is 38.1. The third kappa shape index (κ3) is 2.23. The summed E-state index contributed by atoms with van der Waals surface area (Å²) in [4.78, 5) is 29.3. The highest BCUT2D eigenvalue weighted by molar-refractivity contribution is 5.96. The minimum Gasteiger partial charge on any atom is -0.465 e. The van der Waals surface area contributed by atoms with Crippen LogP contribution in [0.2, 0.25) is 0 Å². The van der Waals surface area contributed by atoms with Crippen molar-refractivity contribution in [1.29, 1.82) is 0 Å². The number of hydrogen-bond acceptors (Lipinski definition) is 4. The number of carbonyl (C=O) groups excluding carboxylic acids is 2. The molecule has 1 aromatic carbocycles. The number of rotatable bonds is 3. The first-order valence-electron chi connectivity index (χ1n) is 10.8. The van der Waals surface area contributed by atoms with Crippen molar-refractivity contribution < 1.29 is 14.3 Å². The number of para-hydroxylation sites is 1. The van der Waals surface area contributed by atoms with Gasteiger partial charge in [0.2, 0.25) is 5.91 Å². The van der Waals surface area contributed by atoms with Crippen molar-refractivity contribution in [2.45, 2.75) is 57.5 Å². The van der Waals surface area contributed by atoms with Crippen LogP contribution in [0.3, 0.4) is 0 Å². The van der Waals surface area contributed by atoms with Crippen molar-refractivity contribution >= 4 is 17.6 Å². The molecule has 1 aliphatic carbocycles. The second-order valence-corrected chi connectivity index (χ2v) is 9.19. The van der Waals surface area contributed by atoms with Crippen LogP contribution in [-0.2, 0) is 19.7 Å². The molecule has 5 heteroatoms. The molecule has 150 valence electrons. The monoisotopic (exact) mass is 382 g/mol. The molecule has 1 saturated carbocycles. The van der Waals surface area contributed by atoms with Crippen LogP contribution in [0.5, 0.6) is 0 Å². The van der Waals surface area contributed by atoms with E-state index < -0.39 is 0 Å².